The number of carbonyl (C=O) groups excluding carboxylic acids is 1. The van der Waals surface area contributed by atoms with Crippen LogP contribution in [0.2, 0.25) is 5.02 Å². The van der Waals surface area contributed by atoms with E-state index in [4.69, 9.17) is 16.1 Å². The summed E-state index contributed by atoms with van der Waals surface area (Å²) < 4.78 is 5.36. The molecule has 0 aliphatic carbocycles. The van der Waals surface area contributed by atoms with Gasteiger partial charge in [-0.05, 0) is 36.4 Å². The molecular formula is C20H12ClN5O4. The summed E-state index contributed by atoms with van der Waals surface area (Å²) >= 11 is 5.81. The van der Waals surface area contributed by atoms with Crippen LogP contribution in [0.3, 0.4) is 0 Å². The zero-order valence-corrected chi connectivity index (χ0v) is 15.9. The number of aromatic nitrogens is 3. The molecule has 0 atom stereocenters. The van der Waals surface area contributed by atoms with Crippen LogP contribution < -0.4 is 5.32 Å². The Morgan fingerprint density at radius 1 is 1.10 bits per heavy atom. The SMILES string of the molecule is O=C(Nc1ccccc1-c1nc(-c2ccncc2)no1)c1ccc(Cl)c([N+](=O)[O-])c1. The molecule has 0 bridgehead atoms. The topological polar surface area (TPSA) is 124 Å². The van der Waals surface area contributed by atoms with E-state index < -0.39 is 10.8 Å². The number of amides is 1. The lowest BCUT2D eigenvalue weighted by Crippen LogP contribution is -2.13. The third-order valence-electron chi connectivity index (χ3n) is 4.18. The number of nitrogens with zero attached hydrogens (tertiary/aromatic N) is 4. The van der Waals surface area contributed by atoms with Gasteiger partial charge in [0.1, 0.15) is 5.02 Å². The van der Waals surface area contributed by atoms with Crippen LogP contribution in [0.4, 0.5) is 11.4 Å². The minimum Gasteiger partial charge on any atom is -0.334 e. The molecule has 0 fully saturated rings. The van der Waals surface area contributed by atoms with Crippen molar-refractivity contribution in [3.8, 4) is 22.8 Å². The summed E-state index contributed by atoms with van der Waals surface area (Å²) in [6.07, 6.45) is 3.23. The molecule has 0 unspecified atom stereocenters. The fraction of sp³-hybridized carbons (Fsp3) is 0. The Bertz CT molecular complexity index is 1240. The first-order valence-electron chi connectivity index (χ1n) is 8.62. The number of nitrogens with one attached hydrogen (secondary N) is 1. The highest BCUT2D eigenvalue weighted by Crippen LogP contribution is 2.30. The van der Waals surface area contributed by atoms with Crippen molar-refractivity contribution in [2.24, 2.45) is 0 Å². The molecule has 1 amide bonds. The van der Waals surface area contributed by atoms with Crippen molar-refractivity contribution in [3.63, 3.8) is 0 Å². The number of hydrogen-bond donors (Lipinski definition) is 1. The third kappa shape index (κ3) is 3.87. The van der Waals surface area contributed by atoms with Crippen molar-refractivity contribution >= 4 is 28.9 Å². The Morgan fingerprint density at radius 2 is 1.87 bits per heavy atom. The van der Waals surface area contributed by atoms with Crippen molar-refractivity contribution in [3.05, 3.63) is 87.7 Å². The van der Waals surface area contributed by atoms with Crippen LogP contribution in [-0.4, -0.2) is 26.0 Å². The van der Waals surface area contributed by atoms with E-state index in [0.29, 0.717) is 17.1 Å². The number of anilines is 1. The Labute approximate surface area is 174 Å². The van der Waals surface area contributed by atoms with Crippen LogP contribution >= 0.6 is 11.6 Å². The number of halogens is 1. The van der Waals surface area contributed by atoms with Gasteiger partial charge in [-0.2, -0.15) is 4.98 Å². The van der Waals surface area contributed by atoms with Crippen molar-refractivity contribution in [1.82, 2.24) is 15.1 Å². The van der Waals surface area contributed by atoms with E-state index >= 15 is 0 Å². The van der Waals surface area contributed by atoms with E-state index in [0.717, 1.165) is 11.6 Å². The molecule has 2 aromatic carbocycles. The highest BCUT2D eigenvalue weighted by Gasteiger charge is 2.19. The lowest BCUT2D eigenvalue weighted by atomic mass is 10.1. The summed E-state index contributed by atoms with van der Waals surface area (Å²) in [5, 5.41) is 17.7. The second-order valence-corrected chi connectivity index (χ2v) is 6.49. The summed E-state index contributed by atoms with van der Waals surface area (Å²) in [5.41, 5.74) is 1.38. The number of rotatable bonds is 5. The van der Waals surface area contributed by atoms with Crippen LogP contribution in [-0.2, 0) is 0 Å². The number of hydrogen-bond acceptors (Lipinski definition) is 7. The second kappa shape index (κ2) is 8.10. The largest absolute Gasteiger partial charge is 0.334 e. The molecule has 30 heavy (non-hydrogen) atoms. The molecule has 0 saturated carbocycles. The maximum atomic E-state index is 12.7. The molecule has 0 spiro atoms. The Kier molecular flexibility index (Phi) is 5.19. The molecule has 9 nitrogen and oxygen atoms in total. The first-order valence-corrected chi connectivity index (χ1v) is 8.99. The van der Waals surface area contributed by atoms with Crippen LogP contribution in [0.15, 0.2) is 71.5 Å². The minimum absolute atomic E-state index is 0.0496. The molecule has 0 aliphatic rings. The number of nitro groups is 1. The van der Waals surface area contributed by atoms with Gasteiger partial charge in [0.25, 0.3) is 17.5 Å². The van der Waals surface area contributed by atoms with Crippen LogP contribution in [0.1, 0.15) is 10.4 Å². The first kappa shape index (κ1) is 19.2. The van der Waals surface area contributed by atoms with E-state index in [1.807, 2.05) is 0 Å². The molecule has 1 N–H and O–H groups in total. The maximum absolute atomic E-state index is 12.7. The molecule has 0 radical (unpaired) electrons. The third-order valence-corrected chi connectivity index (χ3v) is 4.49. The Hall–Kier alpha value is -4.11. The van der Waals surface area contributed by atoms with Crippen molar-refractivity contribution in [1.29, 1.82) is 0 Å². The summed E-state index contributed by atoms with van der Waals surface area (Å²) in [6, 6.07) is 14.2. The van der Waals surface area contributed by atoms with Gasteiger partial charge in [-0.15, -0.1) is 0 Å². The monoisotopic (exact) mass is 421 g/mol. The molecule has 4 rings (SSSR count). The highest BCUT2D eigenvalue weighted by molar-refractivity contribution is 6.32. The van der Waals surface area contributed by atoms with E-state index in [9.17, 15) is 14.9 Å². The normalized spacial score (nSPS) is 10.6. The van der Waals surface area contributed by atoms with Crippen LogP contribution in [0, 0.1) is 10.1 Å². The van der Waals surface area contributed by atoms with E-state index in [1.54, 1.807) is 48.8 Å². The summed E-state index contributed by atoms with van der Waals surface area (Å²) in [7, 11) is 0. The fourth-order valence-corrected chi connectivity index (χ4v) is 2.90. The Morgan fingerprint density at radius 3 is 2.63 bits per heavy atom. The maximum Gasteiger partial charge on any atom is 0.288 e. The average molecular weight is 422 g/mol. The quantitative estimate of drug-likeness (QED) is 0.368. The lowest BCUT2D eigenvalue weighted by Gasteiger charge is -2.08. The first-order chi connectivity index (χ1) is 14.5. The van der Waals surface area contributed by atoms with Crippen LogP contribution in [0.5, 0.6) is 0 Å². The van der Waals surface area contributed by atoms with E-state index in [2.05, 4.69) is 20.4 Å². The lowest BCUT2D eigenvalue weighted by molar-refractivity contribution is -0.384. The van der Waals surface area contributed by atoms with Gasteiger partial charge in [-0.3, -0.25) is 19.9 Å². The number of carbonyl (C=O) groups is 1. The standard InChI is InChI=1S/C20H12ClN5O4/c21-15-6-5-13(11-17(15)26(28)29)19(27)23-16-4-2-1-3-14(16)20-24-18(25-30-20)12-7-9-22-10-8-12/h1-11H,(H,23,27). The van der Waals surface area contributed by atoms with Crippen molar-refractivity contribution < 1.29 is 14.2 Å². The molecule has 0 saturated heterocycles. The molecule has 0 aliphatic heterocycles. The average Bonchev–Trinajstić information content (AvgIpc) is 3.25. The number of para-hydroxylation sites is 1. The molecule has 2 heterocycles. The smallest absolute Gasteiger partial charge is 0.288 e. The molecule has 148 valence electrons. The highest BCUT2D eigenvalue weighted by atomic mass is 35.5. The van der Waals surface area contributed by atoms with E-state index in [1.165, 1.54) is 12.1 Å². The molecule has 4 aromatic rings. The summed E-state index contributed by atoms with van der Waals surface area (Å²) in [6.45, 7) is 0. The molecule has 10 heteroatoms. The van der Waals surface area contributed by atoms with Gasteiger partial charge in [0, 0.05) is 29.6 Å². The van der Waals surface area contributed by atoms with Gasteiger partial charge in [-0.1, -0.05) is 28.9 Å². The van der Waals surface area contributed by atoms with Gasteiger partial charge in [0.05, 0.1) is 16.2 Å². The summed E-state index contributed by atoms with van der Waals surface area (Å²) in [4.78, 5) is 31.4. The number of benzene rings is 2. The Balaban J connectivity index is 1.63. The fourth-order valence-electron chi connectivity index (χ4n) is 2.72. The van der Waals surface area contributed by atoms with Crippen LogP contribution in [0.25, 0.3) is 22.8 Å². The summed E-state index contributed by atoms with van der Waals surface area (Å²) in [5.74, 6) is 0.0396. The number of nitro benzene ring substituents is 1. The zero-order chi connectivity index (χ0) is 21.1. The minimum atomic E-state index is -0.647. The van der Waals surface area contributed by atoms with Gasteiger partial charge in [0.2, 0.25) is 5.82 Å². The van der Waals surface area contributed by atoms with Crippen molar-refractivity contribution in [2.45, 2.75) is 0 Å². The van der Waals surface area contributed by atoms with Gasteiger partial charge >= 0.3 is 0 Å². The second-order valence-electron chi connectivity index (χ2n) is 6.08. The molecule has 2 aromatic heterocycles. The van der Waals surface area contributed by atoms with Gasteiger partial charge in [-0.25, -0.2) is 0 Å². The van der Waals surface area contributed by atoms with E-state index in [-0.39, 0.29) is 22.2 Å². The van der Waals surface area contributed by atoms with Gasteiger partial charge in [0.15, 0.2) is 0 Å². The van der Waals surface area contributed by atoms with Crippen molar-refractivity contribution in [2.75, 3.05) is 5.32 Å². The molecular weight excluding hydrogens is 410 g/mol. The van der Waals surface area contributed by atoms with Gasteiger partial charge < -0.3 is 9.84 Å². The predicted octanol–water partition coefficient (Wildman–Crippen LogP) is 4.61. The predicted molar refractivity (Wildman–Crippen MR) is 109 cm³/mol. The number of pyridine rings is 1. The zero-order valence-electron chi connectivity index (χ0n) is 15.2.